The number of sulfonamides is 1. The molecular weight excluding hydrogens is 351 g/mol. The molecule has 3 N–H and O–H groups in total. The van der Waals surface area contributed by atoms with Crippen LogP contribution in [0.1, 0.15) is 23.2 Å². The first-order valence-corrected chi connectivity index (χ1v) is 9.59. The third-order valence-electron chi connectivity index (χ3n) is 4.11. The Bertz CT molecular complexity index is 946. The Kier molecular flexibility index (Phi) is 5.46. The average molecular weight is 370 g/mol. The molecule has 0 heterocycles. The molecule has 3 aromatic carbocycles. The third-order valence-corrected chi connectivity index (χ3v) is 5.57. The Morgan fingerprint density at radius 1 is 0.769 bits per heavy atom. The van der Waals surface area contributed by atoms with Crippen molar-refractivity contribution in [3.8, 4) is 0 Å². The summed E-state index contributed by atoms with van der Waals surface area (Å²) in [6.45, 7) is 0. The second kappa shape index (κ2) is 7.78. The lowest BCUT2D eigenvalue weighted by molar-refractivity contribution is 0.504. The monoisotopic (exact) mass is 370 g/mol. The first kappa shape index (κ1) is 18.3. The van der Waals surface area contributed by atoms with Crippen LogP contribution < -0.4 is 10.5 Å². The lowest BCUT2D eigenvalue weighted by Gasteiger charge is -2.26. The summed E-state index contributed by atoms with van der Waals surface area (Å²) in [5.74, 6) is -0.496. The van der Waals surface area contributed by atoms with E-state index in [-0.39, 0.29) is 4.90 Å². The van der Waals surface area contributed by atoms with E-state index in [2.05, 4.69) is 4.72 Å². The normalized spacial score (nSPS) is 13.9. The van der Waals surface area contributed by atoms with E-state index in [4.69, 9.17) is 5.73 Å². The Hall–Kier alpha value is -2.54. The van der Waals surface area contributed by atoms with Crippen molar-refractivity contribution in [1.82, 2.24) is 4.72 Å². The number of hydrogen-bond donors (Lipinski definition) is 2. The highest BCUT2D eigenvalue weighted by Crippen LogP contribution is 2.28. The largest absolute Gasteiger partial charge is 0.322 e. The molecule has 6 heteroatoms. The standard InChI is InChI=1S/C20H19FN2O2S/c21-17-11-13-18(14-12-17)26(24,25)23-20(16-9-5-2-6-10-16)19(22)15-7-3-1-4-8-15/h1-14,19-20,23H,22H2. The molecular formula is C20H19FN2O2S. The lowest BCUT2D eigenvalue weighted by atomic mass is 9.95. The molecule has 0 aliphatic carbocycles. The van der Waals surface area contributed by atoms with Crippen LogP contribution in [-0.2, 0) is 10.0 Å². The molecule has 3 aromatic rings. The Morgan fingerprint density at radius 2 is 1.27 bits per heavy atom. The molecule has 2 unspecified atom stereocenters. The fraction of sp³-hybridized carbons (Fsp3) is 0.100. The molecule has 0 fully saturated rings. The van der Waals surface area contributed by atoms with Crippen molar-refractivity contribution >= 4 is 10.0 Å². The summed E-state index contributed by atoms with van der Waals surface area (Å²) < 4.78 is 41.3. The summed E-state index contributed by atoms with van der Waals surface area (Å²) in [6.07, 6.45) is 0. The number of hydrogen-bond acceptors (Lipinski definition) is 3. The van der Waals surface area contributed by atoms with Crippen molar-refractivity contribution in [3.63, 3.8) is 0 Å². The van der Waals surface area contributed by atoms with Crippen LogP contribution in [0.5, 0.6) is 0 Å². The smallest absolute Gasteiger partial charge is 0.241 e. The fourth-order valence-corrected chi connectivity index (χ4v) is 3.97. The molecule has 0 bridgehead atoms. The maximum absolute atomic E-state index is 13.1. The first-order chi connectivity index (χ1) is 12.5. The maximum Gasteiger partial charge on any atom is 0.241 e. The maximum atomic E-state index is 13.1. The molecule has 0 aliphatic heterocycles. The molecule has 26 heavy (non-hydrogen) atoms. The molecule has 134 valence electrons. The zero-order valence-electron chi connectivity index (χ0n) is 13.9. The van der Waals surface area contributed by atoms with Gasteiger partial charge in [-0.1, -0.05) is 60.7 Å². The Balaban J connectivity index is 1.97. The SMILES string of the molecule is NC(c1ccccc1)C(NS(=O)(=O)c1ccc(F)cc1)c1ccccc1. The highest BCUT2D eigenvalue weighted by atomic mass is 32.2. The number of nitrogens with one attached hydrogen (secondary N) is 1. The van der Waals surface area contributed by atoms with Crippen LogP contribution in [0.25, 0.3) is 0 Å². The van der Waals surface area contributed by atoms with E-state index < -0.39 is 27.9 Å². The van der Waals surface area contributed by atoms with E-state index >= 15 is 0 Å². The molecule has 0 aromatic heterocycles. The zero-order chi connectivity index (χ0) is 18.6. The van der Waals surface area contributed by atoms with Gasteiger partial charge in [0.15, 0.2) is 0 Å². The average Bonchev–Trinajstić information content (AvgIpc) is 2.67. The number of rotatable bonds is 6. The van der Waals surface area contributed by atoms with E-state index in [1.54, 1.807) is 0 Å². The minimum absolute atomic E-state index is 0.0138. The van der Waals surface area contributed by atoms with E-state index in [1.165, 1.54) is 12.1 Å². The van der Waals surface area contributed by atoms with Crippen molar-refractivity contribution in [2.24, 2.45) is 5.73 Å². The van der Waals surface area contributed by atoms with Crippen molar-refractivity contribution < 1.29 is 12.8 Å². The van der Waals surface area contributed by atoms with Gasteiger partial charge in [0.2, 0.25) is 10.0 Å². The third kappa shape index (κ3) is 4.16. The fourth-order valence-electron chi connectivity index (χ4n) is 2.73. The van der Waals surface area contributed by atoms with Gasteiger partial charge in [-0.2, -0.15) is 0 Å². The zero-order valence-corrected chi connectivity index (χ0v) is 14.7. The minimum Gasteiger partial charge on any atom is -0.322 e. The second-order valence-corrected chi connectivity index (χ2v) is 7.61. The summed E-state index contributed by atoms with van der Waals surface area (Å²) >= 11 is 0. The lowest BCUT2D eigenvalue weighted by Crippen LogP contribution is -2.36. The second-order valence-electron chi connectivity index (χ2n) is 5.90. The van der Waals surface area contributed by atoms with Crippen LogP contribution in [0.4, 0.5) is 4.39 Å². The van der Waals surface area contributed by atoms with Gasteiger partial charge >= 0.3 is 0 Å². The van der Waals surface area contributed by atoms with Crippen molar-refractivity contribution in [3.05, 3.63) is 102 Å². The van der Waals surface area contributed by atoms with Crippen molar-refractivity contribution in [1.29, 1.82) is 0 Å². The Labute approximate surface area is 152 Å². The summed E-state index contributed by atoms with van der Waals surface area (Å²) in [6, 6.07) is 21.9. The van der Waals surface area contributed by atoms with Gasteiger partial charge < -0.3 is 5.73 Å². The number of halogens is 1. The van der Waals surface area contributed by atoms with Crippen LogP contribution >= 0.6 is 0 Å². The van der Waals surface area contributed by atoms with Gasteiger partial charge in [0.25, 0.3) is 0 Å². The first-order valence-electron chi connectivity index (χ1n) is 8.11. The van der Waals surface area contributed by atoms with E-state index in [0.29, 0.717) is 0 Å². The van der Waals surface area contributed by atoms with Gasteiger partial charge in [-0.3, -0.25) is 0 Å². The highest BCUT2D eigenvalue weighted by molar-refractivity contribution is 7.89. The molecule has 0 saturated carbocycles. The van der Waals surface area contributed by atoms with Crippen LogP contribution in [0.15, 0.2) is 89.8 Å². The number of benzene rings is 3. The van der Waals surface area contributed by atoms with Gasteiger partial charge in [0.1, 0.15) is 5.82 Å². The summed E-state index contributed by atoms with van der Waals surface area (Å²) in [7, 11) is -3.87. The summed E-state index contributed by atoms with van der Waals surface area (Å²) in [4.78, 5) is -0.0138. The predicted molar refractivity (Wildman–Crippen MR) is 99.3 cm³/mol. The van der Waals surface area contributed by atoms with Gasteiger partial charge in [-0.05, 0) is 35.4 Å². The number of nitrogens with two attached hydrogens (primary N) is 1. The van der Waals surface area contributed by atoms with Crippen molar-refractivity contribution in [2.75, 3.05) is 0 Å². The predicted octanol–water partition coefficient (Wildman–Crippen LogP) is 3.55. The van der Waals surface area contributed by atoms with Gasteiger partial charge in [0.05, 0.1) is 17.0 Å². The Morgan fingerprint density at radius 3 is 1.81 bits per heavy atom. The molecule has 3 rings (SSSR count). The highest BCUT2D eigenvalue weighted by Gasteiger charge is 2.27. The molecule has 4 nitrogen and oxygen atoms in total. The van der Waals surface area contributed by atoms with E-state index in [0.717, 1.165) is 23.3 Å². The molecule has 0 saturated heterocycles. The van der Waals surface area contributed by atoms with Crippen LogP contribution in [-0.4, -0.2) is 8.42 Å². The van der Waals surface area contributed by atoms with Crippen molar-refractivity contribution in [2.45, 2.75) is 17.0 Å². The molecule has 2 atom stereocenters. The van der Waals surface area contributed by atoms with E-state index in [9.17, 15) is 12.8 Å². The van der Waals surface area contributed by atoms with Crippen LogP contribution in [0.2, 0.25) is 0 Å². The van der Waals surface area contributed by atoms with Gasteiger partial charge in [-0.15, -0.1) is 0 Å². The topological polar surface area (TPSA) is 72.2 Å². The molecule has 0 spiro atoms. The molecule has 0 radical (unpaired) electrons. The molecule has 0 amide bonds. The minimum atomic E-state index is -3.87. The summed E-state index contributed by atoms with van der Waals surface area (Å²) in [5.41, 5.74) is 7.95. The summed E-state index contributed by atoms with van der Waals surface area (Å²) in [5, 5.41) is 0. The molecule has 0 aliphatic rings. The van der Waals surface area contributed by atoms with Crippen LogP contribution in [0, 0.1) is 5.82 Å². The van der Waals surface area contributed by atoms with Crippen LogP contribution in [0.3, 0.4) is 0 Å². The van der Waals surface area contributed by atoms with E-state index in [1.807, 2.05) is 60.7 Å². The van der Waals surface area contributed by atoms with Gasteiger partial charge in [-0.25, -0.2) is 17.5 Å². The van der Waals surface area contributed by atoms with Gasteiger partial charge in [0, 0.05) is 0 Å². The quantitative estimate of drug-likeness (QED) is 0.697.